The molecule has 1 saturated heterocycles. The normalized spacial score (nSPS) is 36.0. The molecule has 23 heavy (non-hydrogen) atoms. The Morgan fingerprint density at radius 2 is 1.78 bits per heavy atom. The highest BCUT2D eigenvalue weighted by molar-refractivity contribution is 5.89. The summed E-state index contributed by atoms with van der Waals surface area (Å²) in [7, 11) is 0. The zero-order valence-electron chi connectivity index (χ0n) is 13.6. The molecular formula is C20H23NO2. The van der Waals surface area contributed by atoms with Gasteiger partial charge in [0.2, 0.25) is 5.91 Å². The van der Waals surface area contributed by atoms with E-state index in [1.807, 2.05) is 18.2 Å². The predicted octanol–water partition coefficient (Wildman–Crippen LogP) is 3.35. The summed E-state index contributed by atoms with van der Waals surface area (Å²) in [4.78, 5) is 27.7. The molecule has 2 aliphatic carbocycles. The van der Waals surface area contributed by atoms with Gasteiger partial charge in [0.1, 0.15) is 5.78 Å². The number of hydrogen-bond acceptors (Lipinski definition) is 2. The number of Topliss-reactive ketones (excluding diaryl/α,β-unsaturated/α-hetero) is 1. The van der Waals surface area contributed by atoms with Crippen molar-refractivity contribution in [3.8, 4) is 0 Å². The molecule has 4 rings (SSSR count). The van der Waals surface area contributed by atoms with Gasteiger partial charge in [0.15, 0.2) is 0 Å². The fourth-order valence-electron chi connectivity index (χ4n) is 5.10. The highest BCUT2D eigenvalue weighted by atomic mass is 16.2. The molecule has 0 N–H and O–H groups in total. The van der Waals surface area contributed by atoms with Crippen LogP contribution in [0.1, 0.15) is 38.2 Å². The van der Waals surface area contributed by atoms with Gasteiger partial charge in [-0.25, -0.2) is 0 Å². The summed E-state index contributed by atoms with van der Waals surface area (Å²) in [6, 6.07) is 10.4. The first-order chi connectivity index (χ1) is 11.1. The number of carbonyl (C=O) groups excluding carboxylic acids is 2. The number of ketones is 1. The molecule has 3 heteroatoms. The average Bonchev–Trinajstić information content (AvgIpc) is 2.67. The summed E-state index contributed by atoms with van der Waals surface area (Å²) >= 11 is 0. The predicted molar refractivity (Wildman–Crippen MR) is 88.5 cm³/mol. The third kappa shape index (κ3) is 2.09. The van der Waals surface area contributed by atoms with E-state index < -0.39 is 0 Å². The first kappa shape index (κ1) is 14.7. The molecule has 3 aliphatic rings. The smallest absolute Gasteiger partial charge is 0.227 e. The molecular weight excluding hydrogens is 286 g/mol. The number of allylic oxidation sites excluding steroid dienone is 2. The van der Waals surface area contributed by atoms with Crippen LogP contribution in [-0.2, 0) is 16.1 Å². The number of rotatable bonds is 2. The lowest BCUT2D eigenvalue weighted by Crippen LogP contribution is -2.50. The number of amides is 1. The number of nitrogens with zero attached hydrogens (tertiary/aromatic N) is 1. The molecule has 0 aromatic heterocycles. The molecule has 2 unspecified atom stereocenters. The van der Waals surface area contributed by atoms with Crippen LogP contribution in [-0.4, -0.2) is 22.6 Å². The molecule has 1 aromatic carbocycles. The molecule has 120 valence electrons. The minimum atomic E-state index is -0.204. The minimum absolute atomic E-state index is 0.00900. The second-order valence-electron chi connectivity index (χ2n) is 7.39. The van der Waals surface area contributed by atoms with Crippen LogP contribution in [0.2, 0.25) is 0 Å². The lowest BCUT2D eigenvalue weighted by molar-refractivity contribution is -0.133. The highest BCUT2D eigenvalue weighted by Gasteiger charge is 2.62. The quantitative estimate of drug-likeness (QED) is 0.786. The van der Waals surface area contributed by atoms with Crippen molar-refractivity contribution in [2.75, 3.05) is 0 Å². The van der Waals surface area contributed by atoms with Crippen molar-refractivity contribution in [3.63, 3.8) is 0 Å². The Kier molecular flexibility index (Phi) is 3.40. The number of likely N-dealkylation sites (tertiary alicyclic amines) is 1. The SMILES string of the molecule is C[C@@]12C3CC=CCC1C(=O)N(Cc1ccccc1)[C@@H]2CCC3=O. The summed E-state index contributed by atoms with van der Waals surface area (Å²) in [5.74, 6) is 0.571. The standard InChI is InChI=1S/C20H23NO2/c1-20-15-9-5-6-10-16(20)19(23)21(18(20)12-11-17(15)22)13-14-7-3-2-4-8-14/h2-8,15-16,18H,9-13H2,1H3/t15?,16?,18-,20-/m1/s1. The van der Waals surface area contributed by atoms with E-state index in [1.54, 1.807) is 0 Å². The number of carbonyl (C=O) groups is 2. The molecule has 1 aromatic rings. The molecule has 0 spiro atoms. The van der Waals surface area contributed by atoms with Crippen molar-refractivity contribution in [2.45, 2.75) is 45.2 Å². The van der Waals surface area contributed by atoms with E-state index in [-0.39, 0.29) is 29.2 Å². The van der Waals surface area contributed by atoms with Crippen molar-refractivity contribution in [1.82, 2.24) is 4.90 Å². The first-order valence-electron chi connectivity index (χ1n) is 8.64. The second-order valence-corrected chi connectivity index (χ2v) is 7.39. The first-order valence-corrected chi connectivity index (χ1v) is 8.64. The van der Waals surface area contributed by atoms with Gasteiger partial charge in [-0.05, 0) is 24.8 Å². The van der Waals surface area contributed by atoms with E-state index >= 15 is 0 Å². The van der Waals surface area contributed by atoms with E-state index in [0.29, 0.717) is 18.7 Å². The largest absolute Gasteiger partial charge is 0.335 e. The summed E-state index contributed by atoms with van der Waals surface area (Å²) in [5, 5.41) is 0. The van der Waals surface area contributed by atoms with E-state index in [9.17, 15) is 9.59 Å². The van der Waals surface area contributed by atoms with E-state index in [2.05, 4.69) is 36.1 Å². The topological polar surface area (TPSA) is 37.4 Å². The molecule has 1 saturated carbocycles. The Balaban J connectivity index is 1.72. The molecule has 0 radical (unpaired) electrons. The minimum Gasteiger partial charge on any atom is -0.335 e. The maximum Gasteiger partial charge on any atom is 0.227 e. The zero-order valence-corrected chi connectivity index (χ0v) is 13.6. The lowest BCUT2D eigenvalue weighted by atomic mass is 9.59. The second kappa shape index (κ2) is 5.33. The summed E-state index contributed by atoms with van der Waals surface area (Å²) < 4.78 is 0. The van der Waals surface area contributed by atoms with Gasteiger partial charge < -0.3 is 4.90 Å². The van der Waals surface area contributed by atoms with Crippen molar-refractivity contribution in [1.29, 1.82) is 0 Å². The van der Waals surface area contributed by atoms with Crippen LogP contribution in [0.15, 0.2) is 42.5 Å². The molecule has 1 amide bonds. The molecule has 0 bridgehead atoms. The van der Waals surface area contributed by atoms with Crippen molar-refractivity contribution < 1.29 is 9.59 Å². The van der Waals surface area contributed by atoms with Gasteiger partial charge in [0, 0.05) is 36.3 Å². The Bertz CT molecular complexity index is 665. The fourth-order valence-corrected chi connectivity index (χ4v) is 5.10. The fraction of sp³-hybridized carbons (Fsp3) is 0.500. The molecule has 4 atom stereocenters. The van der Waals surface area contributed by atoms with Crippen molar-refractivity contribution in [3.05, 3.63) is 48.0 Å². The molecule has 1 aliphatic heterocycles. The Labute approximate surface area is 137 Å². The van der Waals surface area contributed by atoms with Gasteiger partial charge in [-0.1, -0.05) is 49.4 Å². The maximum atomic E-state index is 13.1. The van der Waals surface area contributed by atoms with Gasteiger partial charge in [-0.2, -0.15) is 0 Å². The third-order valence-corrected chi connectivity index (χ3v) is 6.34. The third-order valence-electron chi connectivity index (χ3n) is 6.34. The van der Waals surface area contributed by atoms with E-state index in [0.717, 1.165) is 19.3 Å². The summed E-state index contributed by atoms with van der Waals surface area (Å²) in [6.45, 7) is 2.86. The Morgan fingerprint density at radius 3 is 2.52 bits per heavy atom. The summed E-state index contributed by atoms with van der Waals surface area (Å²) in [6.07, 6.45) is 7.24. The van der Waals surface area contributed by atoms with Gasteiger partial charge in [0.25, 0.3) is 0 Å². The van der Waals surface area contributed by atoms with Crippen LogP contribution in [0.4, 0.5) is 0 Å². The number of benzene rings is 1. The van der Waals surface area contributed by atoms with Crippen LogP contribution in [0.25, 0.3) is 0 Å². The average molecular weight is 309 g/mol. The van der Waals surface area contributed by atoms with Crippen molar-refractivity contribution >= 4 is 11.7 Å². The van der Waals surface area contributed by atoms with Gasteiger partial charge in [-0.3, -0.25) is 9.59 Å². The van der Waals surface area contributed by atoms with Crippen LogP contribution in [0.5, 0.6) is 0 Å². The van der Waals surface area contributed by atoms with E-state index in [1.165, 1.54) is 5.56 Å². The molecule has 2 fully saturated rings. The monoisotopic (exact) mass is 309 g/mol. The lowest BCUT2D eigenvalue weighted by Gasteiger charge is -2.45. The van der Waals surface area contributed by atoms with Gasteiger partial charge in [-0.15, -0.1) is 0 Å². The maximum absolute atomic E-state index is 13.1. The van der Waals surface area contributed by atoms with Crippen LogP contribution >= 0.6 is 0 Å². The highest BCUT2D eigenvalue weighted by Crippen LogP contribution is 2.56. The number of hydrogen-bond donors (Lipinski definition) is 0. The Hall–Kier alpha value is -1.90. The van der Waals surface area contributed by atoms with Gasteiger partial charge >= 0.3 is 0 Å². The van der Waals surface area contributed by atoms with Gasteiger partial charge in [0.05, 0.1) is 0 Å². The van der Waals surface area contributed by atoms with E-state index in [4.69, 9.17) is 0 Å². The van der Waals surface area contributed by atoms with Crippen LogP contribution in [0.3, 0.4) is 0 Å². The molecule has 3 nitrogen and oxygen atoms in total. The van der Waals surface area contributed by atoms with Crippen molar-refractivity contribution in [2.24, 2.45) is 17.3 Å². The molecule has 1 heterocycles. The zero-order chi connectivity index (χ0) is 16.0. The summed E-state index contributed by atoms with van der Waals surface area (Å²) in [5.41, 5.74) is 0.968. The van der Waals surface area contributed by atoms with Crippen LogP contribution < -0.4 is 0 Å². The Morgan fingerprint density at radius 1 is 1.09 bits per heavy atom. The van der Waals surface area contributed by atoms with Crippen LogP contribution in [0, 0.1) is 17.3 Å².